The number of thiazole rings is 2. The maximum Gasteiger partial charge on any atom is 0.232 e. The van der Waals surface area contributed by atoms with Gasteiger partial charge in [-0.2, -0.15) is 0 Å². The van der Waals surface area contributed by atoms with Crippen molar-refractivity contribution in [1.82, 2.24) is 9.97 Å². The van der Waals surface area contributed by atoms with E-state index in [2.05, 4.69) is 15.3 Å². The number of carbonyl (C=O) groups is 1. The molecule has 0 aliphatic heterocycles. The number of aryl methyl sites for hydroxylation is 1. The van der Waals surface area contributed by atoms with Gasteiger partial charge in [0.05, 0.1) is 26.3 Å². The number of rotatable bonds is 6. The van der Waals surface area contributed by atoms with E-state index in [1.807, 2.05) is 30.5 Å². The molecule has 0 aliphatic carbocycles. The largest absolute Gasteiger partial charge is 0.493 e. The van der Waals surface area contributed by atoms with E-state index in [4.69, 9.17) is 9.47 Å². The lowest BCUT2D eigenvalue weighted by molar-refractivity contribution is -0.115. The Balaban J connectivity index is 1.70. The summed E-state index contributed by atoms with van der Waals surface area (Å²) in [4.78, 5) is 21.8. The first-order valence-electron chi connectivity index (χ1n) is 7.48. The summed E-state index contributed by atoms with van der Waals surface area (Å²) >= 11 is 2.94. The SMILES string of the molecule is COc1ccc(-c2nc(CC(=O)Nc3ncc(C)s3)cs2)cc1OC. The highest BCUT2D eigenvalue weighted by molar-refractivity contribution is 7.15. The van der Waals surface area contributed by atoms with Gasteiger partial charge >= 0.3 is 0 Å². The molecule has 0 atom stereocenters. The van der Waals surface area contributed by atoms with Crippen LogP contribution in [0.2, 0.25) is 0 Å². The number of nitrogens with one attached hydrogen (secondary N) is 1. The van der Waals surface area contributed by atoms with Crippen LogP contribution in [-0.2, 0) is 11.2 Å². The van der Waals surface area contributed by atoms with Gasteiger partial charge in [0.15, 0.2) is 16.6 Å². The molecule has 0 fully saturated rings. The minimum absolute atomic E-state index is 0.126. The fourth-order valence-corrected chi connectivity index (χ4v) is 3.73. The molecule has 25 heavy (non-hydrogen) atoms. The number of amides is 1. The Morgan fingerprint density at radius 1 is 1.24 bits per heavy atom. The molecule has 0 saturated heterocycles. The van der Waals surface area contributed by atoms with Crippen molar-refractivity contribution in [3.63, 3.8) is 0 Å². The Bertz CT molecular complexity index is 889. The van der Waals surface area contributed by atoms with E-state index in [-0.39, 0.29) is 12.3 Å². The van der Waals surface area contributed by atoms with Crippen molar-refractivity contribution in [1.29, 1.82) is 0 Å². The van der Waals surface area contributed by atoms with Crippen molar-refractivity contribution in [2.75, 3.05) is 19.5 Å². The maximum absolute atomic E-state index is 12.1. The molecule has 1 aromatic carbocycles. The number of aromatic nitrogens is 2. The van der Waals surface area contributed by atoms with Gasteiger partial charge in [-0.3, -0.25) is 4.79 Å². The molecular formula is C17H17N3O3S2. The molecule has 130 valence electrons. The molecule has 1 amide bonds. The van der Waals surface area contributed by atoms with Crippen molar-refractivity contribution in [3.8, 4) is 22.1 Å². The second kappa shape index (κ2) is 7.62. The Labute approximate surface area is 153 Å². The molecule has 2 aromatic heterocycles. The maximum atomic E-state index is 12.1. The number of methoxy groups -OCH3 is 2. The van der Waals surface area contributed by atoms with Crippen LogP contribution in [0.5, 0.6) is 11.5 Å². The number of hydrogen-bond acceptors (Lipinski definition) is 7. The molecular weight excluding hydrogens is 358 g/mol. The summed E-state index contributed by atoms with van der Waals surface area (Å²) < 4.78 is 10.6. The van der Waals surface area contributed by atoms with Gasteiger partial charge in [-0.1, -0.05) is 0 Å². The molecule has 0 radical (unpaired) electrons. The summed E-state index contributed by atoms with van der Waals surface area (Å²) in [6, 6.07) is 5.63. The van der Waals surface area contributed by atoms with Crippen LogP contribution in [0.4, 0.5) is 5.13 Å². The van der Waals surface area contributed by atoms with Gasteiger partial charge < -0.3 is 14.8 Å². The second-order valence-electron chi connectivity index (χ2n) is 5.21. The van der Waals surface area contributed by atoms with E-state index in [1.165, 1.54) is 22.7 Å². The van der Waals surface area contributed by atoms with Gasteiger partial charge in [0, 0.05) is 22.0 Å². The highest BCUT2D eigenvalue weighted by Gasteiger charge is 2.12. The van der Waals surface area contributed by atoms with Gasteiger partial charge in [0.1, 0.15) is 5.01 Å². The standard InChI is InChI=1S/C17H17N3O3S2/c1-10-8-18-17(25-10)20-15(21)7-12-9-24-16(19-12)11-4-5-13(22-2)14(6-11)23-3/h4-6,8-9H,7H2,1-3H3,(H,18,20,21). The van der Waals surface area contributed by atoms with Crippen molar-refractivity contribution < 1.29 is 14.3 Å². The van der Waals surface area contributed by atoms with Crippen molar-refractivity contribution in [2.24, 2.45) is 0 Å². The summed E-state index contributed by atoms with van der Waals surface area (Å²) in [6.45, 7) is 1.95. The molecule has 0 aliphatic rings. The first kappa shape index (κ1) is 17.4. The lowest BCUT2D eigenvalue weighted by Gasteiger charge is -2.08. The van der Waals surface area contributed by atoms with E-state index in [0.717, 1.165) is 21.1 Å². The molecule has 8 heteroatoms. The van der Waals surface area contributed by atoms with Crippen molar-refractivity contribution in [2.45, 2.75) is 13.3 Å². The molecule has 0 bridgehead atoms. The van der Waals surface area contributed by atoms with Crippen molar-refractivity contribution in [3.05, 3.63) is 40.3 Å². The number of anilines is 1. The topological polar surface area (TPSA) is 73.3 Å². The lowest BCUT2D eigenvalue weighted by Crippen LogP contribution is -2.14. The summed E-state index contributed by atoms with van der Waals surface area (Å²) in [7, 11) is 3.20. The molecule has 2 heterocycles. The highest BCUT2D eigenvalue weighted by atomic mass is 32.1. The molecule has 3 rings (SSSR count). The van der Waals surface area contributed by atoms with Gasteiger partial charge in [0.2, 0.25) is 5.91 Å². The smallest absolute Gasteiger partial charge is 0.232 e. The van der Waals surface area contributed by atoms with E-state index in [1.54, 1.807) is 20.4 Å². The number of benzene rings is 1. The van der Waals surface area contributed by atoms with E-state index >= 15 is 0 Å². The van der Waals surface area contributed by atoms with E-state index in [0.29, 0.717) is 16.6 Å². The third-order valence-electron chi connectivity index (χ3n) is 3.39. The molecule has 1 N–H and O–H groups in total. The molecule has 0 unspecified atom stereocenters. The fourth-order valence-electron chi connectivity index (χ4n) is 2.23. The Hall–Kier alpha value is -2.45. The number of hydrogen-bond donors (Lipinski definition) is 1. The summed E-state index contributed by atoms with van der Waals surface area (Å²) in [5, 5.41) is 6.11. The Morgan fingerprint density at radius 3 is 2.72 bits per heavy atom. The quantitative estimate of drug-likeness (QED) is 0.710. The van der Waals surface area contributed by atoms with Crippen LogP contribution in [0, 0.1) is 6.92 Å². The Kier molecular flexibility index (Phi) is 5.30. The highest BCUT2D eigenvalue weighted by Crippen LogP contribution is 2.33. The van der Waals surface area contributed by atoms with E-state index < -0.39 is 0 Å². The van der Waals surface area contributed by atoms with Crippen LogP contribution in [-0.4, -0.2) is 30.1 Å². The van der Waals surface area contributed by atoms with Crippen LogP contribution in [0.25, 0.3) is 10.6 Å². The van der Waals surface area contributed by atoms with E-state index in [9.17, 15) is 4.79 Å². The van der Waals surface area contributed by atoms with Gasteiger partial charge in [-0.05, 0) is 25.1 Å². The molecule has 3 aromatic rings. The molecule has 6 nitrogen and oxygen atoms in total. The minimum Gasteiger partial charge on any atom is -0.493 e. The van der Waals surface area contributed by atoms with Crippen LogP contribution in [0.1, 0.15) is 10.6 Å². The number of nitrogens with zero attached hydrogens (tertiary/aromatic N) is 2. The summed E-state index contributed by atoms with van der Waals surface area (Å²) in [5.74, 6) is 1.19. The molecule has 0 saturated carbocycles. The lowest BCUT2D eigenvalue weighted by atomic mass is 10.2. The zero-order valence-corrected chi connectivity index (χ0v) is 15.7. The predicted molar refractivity (Wildman–Crippen MR) is 99.8 cm³/mol. The summed E-state index contributed by atoms with van der Waals surface area (Å²) in [6.07, 6.45) is 1.95. The predicted octanol–water partition coefficient (Wildman–Crippen LogP) is 3.77. The second-order valence-corrected chi connectivity index (χ2v) is 7.31. The summed E-state index contributed by atoms with van der Waals surface area (Å²) in [5.41, 5.74) is 1.64. The third kappa shape index (κ3) is 4.15. The fraction of sp³-hybridized carbons (Fsp3) is 0.235. The average Bonchev–Trinajstić information content (AvgIpc) is 3.23. The number of carbonyl (C=O) groups excluding carboxylic acids is 1. The normalized spacial score (nSPS) is 10.5. The monoisotopic (exact) mass is 375 g/mol. The van der Waals surface area contributed by atoms with Crippen LogP contribution < -0.4 is 14.8 Å². The van der Waals surface area contributed by atoms with Gasteiger partial charge in [-0.25, -0.2) is 9.97 Å². The van der Waals surface area contributed by atoms with Crippen LogP contribution >= 0.6 is 22.7 Å². The van der Waals surface area contributed by atoms with Crippen molar-refractivity contribution >= 4 is 33.7 Å². The third-order valence-corrected chi connectivity index (χ3v) is 5.16. The van der Waals surface area contributed by atoms with Crippen LogP contribution in [0.3, 0.4) is 0 Å². The van der Waals surface area contributed by atoms with Gasteiger partial charge in [-0.15, -0.1) is 22.7 Å². The minimum atomic E-state index is -0.126. The van der Waals surface area contributed by atoms with Gasteiger partial charge in [0.25, 0.3) is 0 Å². The first-order valence-corrected chi connectivity index (χ1v) is 9.17. The Morgan fingerprint density at radius 2 is 2.04 bits per heavy atom. The first-order chi connectivity index (χ1) is 12.1. The average molecular weight is 375 g/mol. The molecule has 0 spiro atoms. The zero-order chi connectivity index (χ0) is 17.8. The number of ether oxygens (including phenoxy) is 2. The van der Waals surface area contributed by atoms with Crippen LogP contribution in [0.15, 0.2) is 29.8 Å². The zero-order valence-electron chi connectivity index (χ0n) is 14.0.